The number of hydrogen-bond acceptors (Lipinski definition) is 3. The van der Waals surface area contributed by atoms with E-state index in [1.807, 2.05) is 19.0 Å². The van der Waals surface area contributed by atoms with Crippen LogP contribution in [0.1, 0.15) is 0 Å². The quantitative estimate of drug-likeness (QED) is 0.327. The van der Waals surface area contributed by atoms with Crippen LogP contribution in [0.5, 0.6) is 0 Å². The van der Waals surface area contributed by atoms with Gasteiger partial charge in [-0.2, -0.15) is 5.84 Å². The van der Waals surface area contributed by atoms with Crippen LogP contribution in [-0.4, -0.2) is 32.1 Å². The summed E-state index contributed by atoms with van der Waals surface area (Å²) in [6.07, 6.45) is 0. The highest BCUT2D eigenvalue weighted by molar-refractivity contribution is 4.35. The second-order valence-corrected chi connectivity index (χ2v) is 2.02. The van der Waals surface area contributed by atoms with E-state index >= 15 is 0 Å². The smallest absolute Gasteiger partial charge is 0.107 e. The van der Waals surface area contributed by atoms with Gasteiger partial charge in [-0.15, -0.1) is 0 Å². The largest absolute Gasteiger partial charge is 0.613 e. The summed E-state index contributed by atoms with van der Waals surface area (Å²) in [7, 11) is 3.81. The van der Waals surface area contributed by atoms with Crippen molar-refractivity contribution in [3.8, 4) is 0 Å². The van der Waals surface area contributed by atoms with Crippen molar-refractivity contribution >= 4 is 0 Å². The monoisotopic (exact) mass is 119 g/mol. The number of rotatable bonds is 3. The Kier molecular flexibility index (Phi) is 3.72. The van der Waals surface area contributed by atoms with Gasteiger partial charge in [-0.3, -0.25) is 5.17 Å². The Morgan fingerprint density at radius 2 is 2.12 bits per heavy atom. The van der Waals surface area contributed by atoms with Crippen molar-refractivity contribution in [2.24, 2.45) is 5.84 Å². The summed E-state index contributed by atoms with van der Waals surface area (Å²) in [6, 6.07) is 0. The van der Waals surface area contributed by atoms with E-state index in [4.69, 9.17) is 5.84 Å². The average Bonchev–Trinajstić information content (AvgIpc) is 1.61. The van der Waals surface area contributed by atoms with E-state index in [-0.39, 0.29) is 5.17 Å². The standard InChI is InChI=1S/C4H13N3O/c1-6(2)3-4-7(5)8/h7H,3-5H2,1-2H3. The number of quaternary nitrogens is 1. The molecule has 4 nitrogen and oxygen atoms in total. The van der Waals surface area contributed by atoms with Crippen LogP contribution in [0.4, 0.5) is 0 Å². The summed E-state index contributed by atoms with van der Waals surface area (Å²) in [5, 5.41) is 9.86. The van der Waals surface area contributed by atoms with Crippen molar-refractivity contribution in [1.29, 1.82) is 0 Å². The van der Waals surface area contributed by atoms with Gasteiger partial charge in [0.1, 0.15) is 6.54 Å². The van der Waals surface area contributed by atoms with Crippen LogP contribution in [0.25, 0.3) is 0 Å². The molecule has 50 valence electrons. The van der Waals surface area contributed by atoms with E-state index in [1.54, 1.807) is 0 Å². The predicted molar refractivity (Wildman–Crippen MR) is 31.9 cm³/mol. The highest BCUT2D eigenvalue weighted by Gasteiger charge is 1.90. The molecule has 0 saturated heterocycles. The molecule has 0 radical (unpaired) electrons. The molecule has 0 bridgehead atoms. The van der Waals surface area contributed by atoms with Gasteiger partial charge < -0.3 is 10.1 Å². The van der Waals surface area contributed by atoms with Crippen LogP contribution in [0.15, 0.2) is 0 Å². The highest BCUT2D eigenvalue weighted by Crippen LogP contribution is 1.64. The third-order valence-electron chi connectivity index (χ3n) is 0.805. The van der Waals surface area contributed by atoms with E-state index in [0.717, 1.165) is 6.54 Å². The fourth-order valence-electron chi connectivity index (χ4n) is 0.334. The number of hydroxylamine groups is 1. The minimum absolute atomic E-state index is 0.237. The molecule has 0 amide bonds. The number of nitrogens with zero attached hydrogens (tertiary/aromatic N) is 1. The summed E-state index contributed by atoms with van der Waals surface area (Å²) in [6.45, 7) is 1.20. The Hall–Kier alpha value is -0.160. The Morgan fingerprint density at radius 3 is 2.25 bits per heavy atom. The summed E-state index contributed by atoms with van der Waals surface area (Å²) < 4.78 is 0. The molecule has 4 heteroatoms. The average molecular weight is 119 g/mol. The molecular formula is C4H13N3O. The number of nitrogens with two attached hydrogens (primary N) is 1. The molecular weight excluding hydrogens is 106 g/mol. The maximum Gasteiger partial charge on any atom is 0.107 e. The maximum atomic E-state index is 10.1. The van der Waals surface area contributed by atoms with Gasteiger partial charge in [0, 0.05) is 6.54 Å². The van der Waals surface area contributed by atoms with E-state index < -0.39 is 0 Å². The maximum absolute atomic E-state index is 10.1. The van der Waals surface area contributed by atoms with Gasteiger partial charge in [-0.25, -0.2) is 0 Å². The van der Waals surface area contributed by atoms with Gasteiger partial charge in [0.05, 0.1) is 0 Å². The molecule has 0 fully saturated rings. The van der Waals surface area contributed by atoms with Crippen molar-refractivity contribution in [2.75, 3.05) is 27.2 Å². The summed E-state index contributed by atoms with van der Waals surface area (Å²) in [5.74, 6) is 4.88. The molecule has 0 aliphatic heterocycles. The van der Waals surface area contributed by atoms with E-state index in [9.17, 15) is 5.21 Å². The highest BCUT2D eigenvalue weighted by atomic mass is 16.5. The lowest BCUT2D eigenvalue weighted by atomic mass is 10.6. The first kappa shape index (κ1) is 7.84. The lowest BCUT2D eigenvalue weighted by molar-refractivity contribution is -0.860. The van der Waals surface area contributed by atoms with Crippen molar-refractivity contribution in [2.45, 2.75) is 0 Å². The normalized spacial score (nSPS) is 14.6. The third-order valence-corrected chi connectivity index (χ3v) is 0.805. The molecule has 1 unspecified atom stereocenters. The predicted octanol–water partition coefficient (Wildman–Crippen LogP) is -2.20. The van der Waals surface area contributed by atoms with Crippen molar-refractivity contribution in [3.05, 3.63) is 5.21 Å². The van der Waals surface area contributed by atoms with E-state index in [1.165, 1.54) is 0 Å². The summed E-state index contributed by atoms with van der Waals surface area (Å²) in [4.78, 5) is 1.92. The molecule has 0 heterocycles. The fraction of sp³-hybridized carbons (Fsp3) is 1.00. The summed E-state index contributed by atoms with van der Waals surface area (Å²) in [5.41, 5.74) is 0. The number of likely N-dealkylation sites (N-methyl/N-ethyl adjacent to an activating group) is 1. The van der Waals surface area contributed by atoms with Gasteiger partial charge >= 0.3 is 0 Å². The van der Waals surface area contributed by atoms with Gasteiger partial charge in [-0.1, -0.05) is 0 Å². The van der Waals surface area contributed by atoms with Gasteiger partial charge in [-0.05, 0) is 14.1 Å². The van der Waals surface area contributed by atoms with Crippen molar-refractivity contribution in [1.82, 2.24) is 4.90 Å². The number of nitrogens with one attached hydrogen (secondary N) is 1. The molecule has 0 aromatic carbocycles. The van der Waals surface area contributed by atoms with Crippen molar-refractivity contribution in [3.63, 3.8) is 0 Å². The topological polar surface area (TPSA) is 56.8 Å². The SMILES string of the molecule is CN(C)CC[NH+](N)[O-]. The van der Waals surface area contributed by atoms with Crippen LogP contribution >= 0.6 is 0 Å². The van der Waals surface area contributed by atoms with Crippen molar-refractivity contribution < 1.29 is 5.17 Å². The molecule has 0 rings (SSSR count). The number of hydrogen-bond donors (Lipinski definition) is 2. The lowest BCUT2D eigenvalue weighted by Gasteiger charge is -2.16. The molecule has 8 heavy (non-hydrogen) atoms. The Balaban J connectivity index is 2.93. The van der Waals surface area contributed by atoms with Crippen LogP contribution in [0.3, 0.4) is 0 Å². The molecule has 0 aliphatic rings. The Morgan fingerprint density at radius 1 is 1.62 bits per heavy atom. The first-order chi connectivity index (χ1) is 3.63. The zero-order chi connectivity index (χ0) is 6.57. The fourth-order valence-corrected chi connectivity index (χ4v) is 0.334. The summed E-state index contributed by atoms with van der Waals surface area (Å²) >= 11 is 0. The minimum Gasteiger partial charge on any atom is -0.613 e. The third kappa shape index (κ3) is 5.84. The molecule has 0 aromatic heterocycles. The second kappa shape index (κ2) is 3.80. The first-order valence-corrected chi connectivity index (χ1v) is 2.56. The molecule has 0 aliphatic carbocycles. The van der Waals surface area contributed by atoms with E-state index in [2.05, 4.69) is 0 Å². The Labute approximate surface area is 49.4 Å². The molecule has 0 spiro atoms. The minimum atomic E-state index is -0.237. The lowest BCUT2D eigenvalue weighted by Crippen LogP contribution is -3.13. The molecule has 1 atom stereocenters. The van der Waals surface area contributed by atoms with Crippen LogP contribution in [0, 0.1) is 5.21 Å². The zero-order valence-electron chi connectivity index (χ0n) is 5.35. The van der Waals surface area contributed by atoms with Gasteiger partial charge in [0.2, 0.25) is 0 Å². The first-order valence-electron chi connectivity index (χ1n) is 2.56. The Bertz CT molecular complexity index is 47.2. The molecule has 0 aromatic rings. The van der Waals surface area contributed by atoms with Crippen LogP contribution < -0.4 is 11.0 Å². The second-order valence-electron chi connectivity index (χ2n) is 2.02. The molecule has 0 saturated carbocycles. The van der Waals surface area contributed by atoms with Crippen LogP contribution in [0.2, 0.25) is 0 Å². The van der Waals surface area contributed by atoms with Gasteiger partial charge in [0.25, 0.3) is 0 Å². The van der Waals surface area contributed by atoms with Crippen LogP contribution in [-0.2, 0) is 0 Å². The molecule has 3 N–H and O–H groups in total. The van der Waals surface area contributed by atoms with E-state index in [0.29, 0.717) is 6.54 Å². The zero-order valence-corrected chi connectivity index (χ0v) is 5.35. The van der Waals surface area contributed by atoms with Gasteiger partial charge in [0.15, 0.2) is 0 Å².